The summed E-state index contributed by atoms with van der Waals surface area (Å²) in [5.41, 5.74) is 8.23. The third kappa shape index (κ3) is 3.07. The molecule has 152 valence electrons. The van der Waals surface area contributed by atoms with Gasteiger partial charge in [-0.05, 0) is 42.5 Å². The predicted molar refractivity (Wildman–Crippen MR) is 113 cm³/mol. The molecule has 3 aliphatic rings. The van der Waals surface area contributed by atoms with E-state index in [2.05, 4.69) is 0 Å². The standard InChI is InChI=1S/C22H23N3O3.ClH/c1-28-19-8-7-15(14-5-3-2-4-6-14)11-17(19)25-16-12-18(20(25)26)24(13-16)21(27)22(23)9-10-22;/h2-8,11,16,18H,9-10,12-13,23H2,1H3;1H/t16-,18-;/m0./s1. The third-order valence-electron chi connectivity index (χ3n) is 6.19. The number of likely N-dealkylation sites (tertiary alicyclic amines) is 1. The molecule has 2 heterocycles. The van der Waals surface area contributed by atoms with Gasteiger partial charge in [-0.3, -0.25) is 9.59 Å². The third-order valence-corrected chi connectivity index (χ3v) is 6.19. The first kappa shape index (κ1) is 19.7. The molecule has 1 aliphatic carbocycles. The number of carbonyl (C=O) groups is 2. The fraction of sp³-hybridized carbons (Fsp3) is 0.364. The van der Waals surface area contributed by atoms with E-state index < -0.39 is 11.6 Å². The van der Waals surface area contributed by atoms with E-state index in [4.69, 9.17) is 10.5 Å². The van der Waals surface area contributed by atoms with Crippen LogP contribution in [-0.4, -0.2) is 48.0 Å². The molecule has 0 radical (unpaired) electrons. The summed E-state index contributed by atoms with van der Waals surface area (Å²) in [5.74, 6) is 0.548. The van der Waals surface area contributed by atoms with Gasteiger partial charge in [0.05, 0.1) is 24.4 Å². The molecule has 5 rings (SSSR count). The van der Waals surface area contributed by atoms with Gasteiger partial charge in [0.25, 0.3) is 0 Å². The molecule has 0 unspecified atom stereocenters. The zero-order valence-corrected chi connectivity index (χ0v) is 17.0. The monoisotopic (exact) mass is 413 g/mol. The van der Waals surface area contributed by atoms with Crippen molar-refractivity contribution in [3.8, 4) is 16.9 Å². The van der Waals surface area contributed by atoms with Gasteiger partial charge in [0, 0.05) is 6.54 Å². The number of rotatable bonds is 4. The summed E-state index contributed by atoms with van der Waals surface area (Å²) in [6.45, 7) is 0.535. The summed E-state index contributed by atoms with van der Waals surface area (Å²) in [6, 6.07) is 15.5. The summed E-state index contributed by atoms with van der Waals surface area (Å²) in [5, 5.41) is 0. The molecule has 2 N–H and O–H groups in total. The van der Waals surface area contributed by atoms with E-state index in [1.165, 1.54) is 0 Å². The van der Waals surface area contributed by atoms with Crippen LogP contribution in [0.3, 0.4) is 0 Å². The minimum atomic E-state index is -0.736. The number of carbonyl (C=O) groups excluding carboxylic acids is 2. The van der Waals surface area contributed by atoms with Crippen LogP contribution in [0, 0.1) is 0 Å². The second-order valence-electron chi connectivity index (χ2n) is 7.98. The summed E-state index contributed by atoms with van der Waals surface area (Å²) < 4.78 is 5.55. The first-order valence-corrected chi connectivity index (χ1v) is 9.68. The van der Waals surface area contributed by atoms with Crippen LogP contribution in [0.1, 0.15) is 19.3 Å². The lowest BCUT2D eigenvalue weighted by molar-refractivity contribution is -0.140. The Morgan fingerprint density at radius 1 is 1.14 bits per heavy atom. The molecule has 0 spiro atoms. The van der Waals surface area contributed by atoms with Crippen molar-refractivity contribution < 1.29 is 14.3 Å². The van der Waals surface area contributed by atoms with E-state index in [-0.39, 0.29) is 30.3 Å². The van der Waals surface area contributed by atoms with Gasteiger partial charge in [-0.2, -0.15) is 0 Å². The molecule has 1 saturated carbocycles. The van der Waals surface area contributed by atoms with Gasteiger partial charge >= 0.3 is 0 Å². The van der Waals surface area contributed by atoms with Crippen molar-refractivity contribution in [3.63, 3.8) is 0 Å². The molecule has 29 heavy (non-hydrogen) atoms. The maximum atomic E-state index is 13.2. The van der Waals surface area contributed by atoms with E-state index in [0.717, 1.165) is 16.8 Å². The summed E-state index contributed by atoms with van der Waals surface area (Å²) in [4.78, 5) is 29.4. The number of nitrogens with zero attached hydrogens (tertiary/aromatic N) is 2. The van der Waals surface area contributed by atoms with Gasteiger partial charge in [0.2, 0.25) is 11.8 Å². The lowest BCUT2D eigenvalue weighted by Gasteiger charge is -2.35. The predicted octanol–water partition coefficient (Wildman–Crippen LogP) is 2.59. The Balaban J connectivity index is 0.00000205. The average Bonchev–Trinajstić information content (AvgIpc) is 3.21. The molecule has 2 atom stereocenters. The minimum Gasteiger partial charge on any atom is -0.495 e. The number of ether oxygens (including phenoxy) is 1. The molecule has 2 amide bonds. The zero-order chi connectivity index (χ0) is 19.5. The second kappa shape index (κ2) is 7.04. The summed E-state index contributed by atoms with van der Waals surface area (Å²) >= 11 is 0. The van der Waals surface area contributed by atoms with Gasteiger partial charge in [-0.25, -0.2) is 0 Å². The average molecular weight is 414 g/mol. The Hall–Kier alpha value is -2.57. The van der Waals surface area contributed by atoms with Crippen molar-refractivity contribution >= 4 is 29.9 Å². The summed E-state index contributed by atoms with van der Waals surface area (Å²) in [7, 11) is 1.61. The quantitative estimate of drug-likeness (QED) is 0.835. The van der Waals surface area contributed by atoms with E-state index in [9.17, 15) is 9.59 Å². The number of amides is 2. The van der Waals surface area contributed by atoms with Crippen molar-refractivity contribution in [1.82, 2.24) is 4.90 Å². The van der Waals surface area contributed by atoms with Crippen LogP contribution in [0.4, 0.5) is 5.69 Å². The van der Waals surface area contributed by atoms with Crippen molar-refractivity contribution in [2.45, 2.75) is 36.9 Å². The van der Waals surface area contributed by atoms with Crippen molar-refractivity contribution in [2.75, 3.05) is 18.6 Å². The Kier molecular flexibility index (Phi) is 4.79. The van der Waals surface area contributed by atoms with E-state index in [0.29, 0.717) is 31.6 Å². The highest BCUT2D eigenvalue weighted by Crippen LogP contribution is 2.44. The molecular formula is C22H24ClN3O3. The highest BCUT2D eigenvalue weighted by Gasteiger charge is 2.57. The molecule has 7 heteroatoms. The van der Waals surface area contributed by atoms with E-state index >= 15 is 0 Å². The number of methoxy groups -OCH3 is 1. The molecular weight excluding hydrogens is 390 g/mol. The fourth-order valence-electron chi connectivity index (χ4n) is 4.44. The molecule has 2 aromatic rings. The molecule has 3 fully saturated rings. The molecule has 2 aliphatic heterocycles. The molecule has 2 bridgehead atoms. The van der Waals surface area contributed by atoms with Gasteiger partial charge in [-0.15, -0.1) is 12.4 Å². The van der Waals surface area contributed by atoms with Crippen molar-refractivity contribution in [1.29, 1.82) is 0 Å². The second-order valence-corrected chi connectivity index (χ2v) is 7.98. The highest BCUT2D eigenvalue weighted by atomic mass is 35.5. The van der Waals surface area contributed by atoms with Crippen LogP contribution in [0.15, 0.2) is 48.5 Å². The fourth-order valence-corrected chi connectivity index (χ4v) is 4.44. The van der Waals surface area contributed by atoms with E-state index in [1.54, 1.807) is 12.0 Å². The number of anilines is 1. The van der Waals surface area contributed by atoms with Crippen molar-refractivity contribution in [2.24, 2.45) is 5.73 Å². The molecule has 0 aromatic heterocycles. The van der Waals surface area contributed by atoms with Crippen LogP contribution >= 0.6 is 12.4 Å². The van der Waals surface area contributed by atoms with Gasteiger partial charge in [-0.1, -0.05) is 36.4 Å². The smallest absolute Gasteiger partial charge is 0.250 e. The van der Waals surface area contributed by atoms with Gasteiger partial charge in [0.15, 0.2) is 0 Å². The molecule has 6 nitrogen and oxygen atoms in total. The number of piperazine rings is 1. The number of fused-ring (bicyclic) bond motifs is 2. The number of hydrogen-bond donors (Lipinski definition) is 1. The van der Waals surface area contributed by atoms with Crippen LogP contribution in [0.2, 0.25) is 0 Å². The Morgan fingerprint density at radius 2 is 1.86 bits per heavy atom. The number of hydrogen-bond acceptors (Lipinski definition) is 4. The molecule has 2 aromatic carbocycles. The first-order chi connectivity index (χ1) is 13.5. The summed E-state index contributed by atoms with van der Waals surface area (Å²) in [6.07, 6.45) is 2.08. The normalized spacial score (nSPS) is 23.7. The number of nitrogens with two attached hydrogens (primary N) is 1. The first-order valence-electron chi connectivity index (χ1n) is 9.68. The SMILES string of the molecule is COc1ccc(-c2ccccc2)cc1N1C(=O)[C@@H]2C[C@H]1CN2C(=O)C1(N)CC1.Cl. The van der Waals surface area contributed by atoms with E-state index in [1.807, 2.05) is 53.4 Å². The minimum absolute atomic E-state index is 0. The topological polar surface area (TPSA) is 75.9 Å². The van der Waals surface area contributed by atoms with Gasteiger partial charge < -0.3 is 20.3 Å². The largest absolute Gasteiger partial charge is 0.495 e. The Labute approximate surface area is 176 Å². The number of benzene rings is 2. The maximum absolute atomic E-state index is 13.2. The van der Waals surface area contributed by atoms with Crippen LogP contribution in [0.25, 0.3) is 11.1 Å². The van der Waals surface area contributed by atoms with Crippen LogP contribution < -0.4 is 15.4 Å². The van der Waals surface area contributed by atoms with Crippen LogP contribution in [0.5, 0.6) is 5.75 Å². The lowest BCUT2D eigenvalue weighted by Crippen LogP contribution is -2.56. The van der Waals surface area contributed by atoms with Crippen molar-refractivity contribution in [3.05, 3.63) is 48.5 Å². The van der Waals surface area contributed by atoms with Gasteiger partial charge in [0.1, 0.15) is 11.8 Å². The zero-order valence-electron chi connectivity index (χ0n) is 16.2. The number of halogens is 1. The van der Waals surface area contributed by atoms with Crippen LogP contribution in [-0.2, 0) is 9.59 Å². The Morgan fingerprint density at radius 3 is 2.48 bits per heavy atom. The molecule has 2 saturated heterocycles. The highest BCUT2D eigenvalue weighted by molar-refractivity contribution is 6.06. The lowest BCUT2D eigenvalue weighted by atomic mass is 10.0. The Bertz CT molecular complexity index is 961. The maximum Gasteiger partial charge on any atom is 0.250 e.